The van der Waals surface area contributed by atoms with E-state index in [1.165, 1.54) is 12.1 Å². The first-order valence-electron chi connectivity index (χ1n) is 10.4. The van der Waals surface area contributed by atoms with Crippen LogP contribution < -0.4 is 15.5 Å². The van der Waals surface area contributed by atoms with Gasteiger partial charge in [0.1, 0.15) is 5.82 Å². The van der Waals surface area contributed by atoms with Crippen LogP contribution in [0, 0.1) is 12.8 Å². The van der Waals surface area contributed by atoms with Gasteiger partial charge in [0.25, 0.3) is 0 Å². The number of aryl methyl sites for hydroxylation is 1. The average Bonchev–Trinajstić information content (AvgIpc) is 2.71. The second-order valence-corrected chi connectivity index (χ2v) is 8.13. The second kappa shape index (κ2) is 9.53. The summed E-state index contributed by atoms with van der Waals surface area (Å²) in [5, 5.41) is 6.51. The van der Waals surface area contributed by atoms with E-state index in [4.69, 9.17) is 0 Å². The second-order valence-electron chi connectivity index (χ2n) is 8.13. The highest BCUT2D eigenvalue weighted by Crippen LogP contribution is 2.33. The molecule has 31 heavy (non-hydrogen) atoms. The maximum absolute atomic E-state index is 13.2. The largest absolute Gasteiger partial charge is 0.416 e. The van der Waals surface area contributed by atoms with E-state index in [1.54, 1.807) is 6.07 Å². The van der Waals surface area contributed by atoms with Crippen molar-refractivity contribution in [2.75, 3.05) is 24.3 Å². The number of hydrogen-bond acceptors (Lipinski definition) is 6. The molecule has 168 valence electrons. The molecule has 0 atom stereocenters. The van der Waals surface area contributed by atoms with E-state index in [9.17, 15) is 13.2 Å². The number of alkyl halides is 3. The average molecular weight is 435 g/mol. The first-order chi connectivity index (χ1) is 14.6. The van der Waals surface area contributed by atoms with E-state index < -0.39 is 11.7 Å². The van der Waals surface area contributed by atoms with E-state index in [1.807, 2.05) is 25.9 Å². The first kappa shape index (κ1) is 22.8. The summed E-state index contributed by atoms with van der Waals surface area (Å²) in [5.41, 5.74) is 0.419. The van der Waals surface area contributed by atoms with Crippen molar-refractivity contribution in [2.24, 2.45) is 5.92 Å². The smallest absolute Gasteiger partial charge is 0.384 e. The van der Waals surface area contributed by atoms with Crippen LogP contribution in [0.1, 0.15) is 42.6 Å². The molecule has 2 N–H and O–H groups in total. The molecule has 0 saturated heterocycles. The fraction of sp³-hybridized carbons (Fsp3) is 0.500. The van der Waals surface area contributed by atoms with Gasteiger partial charge in [-0.1, -0.05) is 24.8 Å². The lowest BCUT2D eigenvalue weighted by atomic mass is 9.84. The van der Waals surface area contributed by atoms with E-state index >= 15 is 0 Å². The van der Waals surface area contributed by atoms with E-state index in [0.29, 0.717) is 17.7 Å². The summed E-state index contributed by atoms with van der Waals surface area (Å²) in [5.74, 6) is 2.07. The molecular formula is C22H29F3N6. The minimum absolute atomic E-state index is 0.115. The van der Waals surface area contributed by atoms with Crippen molar-refractivity contribution < 1.29 is 13.2 Å². The Labute approximate surface area is 181 Å². The van der Waals surface area contributed by atoms with Crippen LogP contribution in [0.15, 0.2) is 36.5 Å². The number of nitrogens with zero attached hydrogens (tertiary/aromatic N) is 4. The zero-order valence-electron chi connectivity index (χ0n) is 18.1. The Morgan fingerprint density at radius 1 is 1.10 bits per heavy atom. The Balaban J connectivity index is 1.52. The maximum atomic E-state index is 13.2. The molecular weight excluding hydrogens is 405 g/mol. The van der Waals surface area contributed by atoms with Gasteiger partial charge in [0.05, 0.1) is 5.56 Å². The molecule has 0 aliphatic heterocycles. The molecule has 0 radical (unpaired) electrons. The number of benzene rings is 1. The lowest BCUT2D eigenvalue weighted by Gasteiger charge is -2.31. The third-order valence-corrected chi connectivity index (χ3v) is 5.52. The normalized spacial score (nSPS) is 19.0. The predicted octanol–water partition coefficient (Wildman–Crippen LogP) is 4.54. The van der Waals surface area contributed by atoms with Crippen LogP contribution in [0.3, 0.4) is 0 Å². The lowest BCUT2D eigenvalue weighted by molar-refractivity contribution is -0.138. The quantitative estimate of drug-likeness (QED) is 0.667. The van der Waals surface area contributed by atoms with Crippen LogP contribution in [0.2, 0.25) is 0 Å². The van der Waals surface area contributed by atoms with Crippen LogP contribution in [0.25, 0.3) is 0 Å². The molecule has 2 aromatic rings. The number of hydrogen-bond donors (Lipinski definition) is 2. The molecule has 0 spiro atoms. The summed E-state index contributed by atoms with van der Waals surface area (Å²) in [6.45, 7) is 6.04. The minimum atomic E-state index is -4.36. The van der Waals surface area contributed by atoms with Gasteiger partial charge in [0, 0.05) is 32.4 Å². The highest BCUT2D eigenvalue weighted by atomic mass is 19.4. The molecule has 0 amide bonds. The van der Waals surface area contributed by atoms with E-state index in [-0.39, 0.29) is 24.1 Å². The number of allylic oxidation sites excluding steroid dienone is 1. The standard InChI is InChI=1S/C22H29F3N6/c1-14(26-13-17-7-5-6-8-19(17)22(23,24)25)16-9-11-18(12-10-16)29-20-27-15(2)28-21(30-20)31(3)4/h5-8,16,18,26H,1,9-13H2,2-4H3,(H,27,28,29,30). The summed E-state index contributed by atoms with van der Waals surface area (Å²) in [6.07, 6.45) is -0.744. The van der Waals surface area contributed by atoms with Gasteiger partial charge in [-0.15, -0.1) is 0 Å². The fourth-order valence-electron chi connectivity index (χ4n) is 3.81. The Morgan fingerprint density at radius 3 is 2.42 bits per heavy atom. The molecule has 1 aromatic carbocycles. The van der Waals surface area contributed by atoms with Crippen molar-refractivity contribution in [3.63, 3.8) is 0 Å². The van der Waals surface area contributed by atoms with Crippen LogP contribution in [0.5, 0.6) is 0 Å². The van der Waals surface area contributed by atoms with Gasteiger partial charge in [-0.3, -0.25) is 0 Å². The van der Waals surface area contributed by atoms with Crippen LogP contribution in [-0.4, -0.2) is 35.1 Å². The van der Waals surface area contributed by atoms with Gasteiger partial charge in [0.15, 0.2) is 0 Å². The van der Waals surface area contributed by atoms with Gasteiger partial charge in [-0.05, 0) is 50.2 Å². The molecule has 1 fully saturated rings. The van der Waals surface area contributed by atoms with Gasteiger partial charge < -0.3 is 15.5 Å². The summed E-state index contributed by atoms with van der Waals surface area (Å²) < 4.78 is 39.5. The maximum Gasteiger partial charge on any atom is 0.416 e. The van der Waals surface area contributed by atoms with Crippen molar-refractivity contribution in [3.05, 3.63) is 53.5 Å². The zero-order chi connectivity index (χ0) is 22.6. The topological polar surface area (TPSA) is 66.0 Å². The van der Waals surface area contributed by atoms with Gasteiger partial charge >= 0.3 is 6.18 Å². The third kappa shape index (κ3) is 6.08. The molecule has 0 bridgehead atoms. The number of anilines is 2. The van der Waals surface area contributed by atoms with Crippen molar-refractivity contribution >= 4 is 11.9 Å². The van der Waals surface area contributed by atoms with E-state index in [0.717, 1.165) is 37.4 Å². The van der Waals surface area contributed by atoms with Gasteiger partial charge in [-0.2, -0.15) is 28.1 Å². The minimum Gasteiger partial charge on any atom is -0.384 e. The molecule has 0 unspecified atom stereocenters. The molecule has 1 aliphatic rings. The fourth-order valence-corrected chi connectivity index (χ4v) is 3.81. The molecule has 1 aromatic heterocycles. The summed E-state index contributed by atoms with van der Waals surface area (Å²) in [4.78, 5) is 15.0. The Hall–Kier alpha value is -2.84. The first-order valence-corrected chi connectivity index (χ1v) is 10.4. The van der Waals surface area contributed by atoms with Crippen LogP contribution in [0.4, 0.5) is 25.1 Å². The van der Waals surface area contributed by atoms with Crippen LogP contribution in [-0.2, 0) is 12.7 Å². The molecule has 1 aliphatic carbocycles. The number of nitrogens with one attached hydrogen (secondary N) is 2. The van der Waals surface area contributed by atoms with E-state index in [2.05, 4.69) is 32.2 Å². The number of halogens is 3. The van der Waals surface area contributed by atoms with Crippen molar-refractivity contribution in [3.8, 4) is 0 Å². The number of aromatic nitrogens is 3. The molecule has 1 heterocycles. The Morgan fingerprint density at radius 2 is 1.77 bits per heavy atom. The van der Waals surface area contributed by atoms with Crippen molar-refractivity contribution in [2.45, 2.75) is 51.4 Å². The predicted molar refractivity (Wildman–Crippen MR) is 116 cm³/mol. The highest BCUT2D eigenvalue weighted by Gasteiger charge is 2.33. The highest BCUT2D eigenvalue weighted by molar-refractivity contribution is 5.36. The lowest BCUT2D eigenvalue weighted by Crippen LogP contribution is -2.30. The Bertz CT molecular complexity index is 904. The van der Waals surface area contributed by atoms with Gasteiger partial charge in [-0.25, -0.2) is 0 Å². The SMILES string of the molecule is C=C(NCc1ccccc1C(F)(F)F)C1CCC(Nc2nc(C)nc(N(C)C)n2)CC1. The molecule has 9 heteroatoms. The summed E-state index contributed by atoms with van der Waals surface area (Å²) >= 11 is 0. The summed E-state index contributed by atoms with van der Waals surface area (Å²) in [6, 6.07) is 5.89. The van der Waals surface area contributed by atoms with Crippen LogP contribution >= 0.6 is 0 Å². The molecule has 1 saturated carbocycles. The van der Waals surface area contributed by atoms with Crippen molar-refractivity contribution in [1.29, 1.82) is 0 Å². The molecule has 3 rings (SSSR count). The zero-order valence-corrected chi connectivity index (χ0v) is 18.1. The van der Waals surface area contributed by atoms with Gasteiger partial charge in [0.2, 0.25) is 11.9 Å². The third-order valence-electron chi connectivity index (χ3n) is 5.52. The number of rotatable bonds is 7. The van der Waals surface area contributed by atoms with Crippen molar-refractivity contribution in [1.82, 2.24) is 20.3 Å². The monoisotopic (exact) mass is 434 g/mol. The molecule has 6 nitrogen and oxygen atoms in total. The Kier molecular flexibility index (Phi) is 7.02. The summed E-state index contributed by atoms with van der Waals surface area (Å²) in [7, 11) is 3.77.